The summed E-state index contributed by atoms with van der Waals surface area (Å²) in [5.41, 5.74) is 18.2. The molecule has 5 rings (SSSR count). The smallest absolute Gasteiger partial charge is 0.376 e. The van der Waals surface area contributed by atoms with E-state index in [1.165, 1.54) is 40.3 Å². The number of aryl methyl sites for hydroxylation is 1. The predicted octanol–water partition coefficient (Wildman–Crippen LogP) is -1.13. The number of fused-ring (bicyclic) bond motifs is 2. The number of aliphatic carboxylic acids is 2. The van der Waals surface area contributed by atoms with E-state index in [1.54, 1.807) is 17.7 Å². The third-order valence-electron chi connectivity index (χ3n) is 6.47. The zero-order valence-electron chi connectivity index (χ0n) is 23.0. The largest absolute Gasteiger partial charge is 0.481 e. The van der Waals surface area contributed by atoms with Crippen molar-refractivity contribution >= 4 is 86.9 Å². The number of anilines is 3. The van der Waals surface area contributed by atoms with E-state index in [0.29, 0.717) is 16.4 Å². The lowest BCUT2D eigenvalue weighted by Crippen LogP contribution is -2.71. The van der Waals surface area contributed by atoms with Gasteiger partial charge in [0.2, 0.25) is 10.8 Å². The molecule has 3 aromatic rings. The number of amides is 2. The van der Waals surface area contributed by atoms with Crippen molar-refractivity contribution in [3.63, 3.8) is 0 Å². The minimum Gasteiger partial charge on any atom is -0.481 e. The molecule has 0 radical (unpaired) electrons. The molecule has 1 saturated heterocycles. The summed E-state index contributed by atoms with van der Waals surface area (Å²) in [4.78, 5) is 64.5. The molecule has 0 aromatic carbocycles. The zero-order valence-corrected chi connectivity index (χ0v) is 25.5. The number of hydrogen-bond donors (Lipinski definition) is 6. The second-order valence-electron chi connectivity index (χ2n) is 9.58. The van der Waals surface area contributed by atoms with Gasteiger partial charge in [0.1, 0.15) is 34.7 Å². The molecule has 2 aliphatic heterocycles. The highest BCUT2D eigenvalue weighted by atomic mass is 32.2. The van der Waals surface area contributed by atoms with Crippen LogP contribution in [0.25, 0.3) is 5.65 Å². The number of nitrogens with one attached hydrogen (secondary N) is 1. The molecular formula is C23H26N11O7S3+. The number of thiazole rings is 1. The number of carboxylic acids is 2. The van der Waals surface area contributed by atoms with Crippen molar-refractivity contribution in [3.05, 3.63) is 28.4 Å². The Hall–Kier alpha value is -4.63. The Kier molecular flexibility index (Phi) is 8.52. The van der Waals surface area contributed by atoms with Crippen LogP contribution in [-0.4, -0.2) is 93.2 Å². The van der Waals surface area contributed by atoms with Gasteiger partial charge in [0.05, 0.1) is 13.5 Å². The lowest BCUT2D eigenvalue weighted by Gasteiger charge is -2.49. The predicted molar refractivity (Wildman–Crippen MR) is 159 cm³/mol. The Morgan fingerprint density at radius 2 is 2.05 bits per heavy atom. The molecule has 44 heavy (non-hydrogen) atoms. The van der Waals surface area contributed by atoms with Crippen LogP contribution in [0.5, 0.6) is 0 Å². The monoisotopic (exact) mass is 664 g/mol. The van der Waals surface area contributed by atoms with Crippen molar-refractivity contribution in [2.45, 2.75) is 36.0 Å². The molecule has 0 spiro atoms. The molecule has 0 saturated carbocycles. The lowest BCUT2D eigenvalue weighted by molar-refractivity contribution is -0.631. The highest BCUT2D eigenvalue weighted by Crippen LogP contribution is 2.41. The Morgan fingerprint density at radius 3 is 2.70 bits per heavy atom. The first-order valence-electron chi connectivity index (χ1n) is 12.7. The summed E-state index contributed by atoms with van der Waals surface area (Å²) in [6.45, 7) is 1.46. The van der Waals surface area contributed by atoms with Crippen LogP contribution < -0.4 is 27.1 Å². The summed E-state index contributed by atoms with van der Waals surface area (Å²) < 4.78 is 3.12. The molecule has 0 bridgehead atoms. The highest BCUT2D eigenvalue weighted by molar-refractivity contribution is 8.01. The molecular weight excluding hydrogens is 639 g/mol. The van der Waals surface area contributed by atoms with Gasteiger partial charge in [0.15, 0.2) is 10.8 Å². The normalized spacial score (nSPS) is 19.0. The van der Waals surface area contributed by atoms with E-state index in [-0.39, 0.29) is 51.9 Å². The fourth-order valence-electron chi connectivity index (χ4n) is 4.38. The van der Waals surface area contributed by atoms with Gasteiger partial charge in [0, 0.05) is 28.1 Å². The van der Waals surface area contributed by atoms with Crippen LogP contribution in [0.3, 0.4) is 0 Å². The van der Waals surface area contributed by atoms with E-state index in [1.807, 2.05) is 0 Å². The van der Waals surface area contributed by atoms with Crippen molar-refractivity contribution in [2.24, 2.45) is 12.2 Å². The third-order valence-corrected chi connectivity index (χ3v) is 9.50. The molecule has 1 fully saturated rings. The van der Waals surface area contributed by atoms with E-state index in [2.05, 4.69) is 25.5 Å². The van der Waals surface area contributed by atoms with E-state index in [4.69, 9.17) is 27.1 Å². The van der Waals surface area contributed by atoms with E-state index in [0.717, 1.165) is 16.2 Å². The number of aromatic nitrogens is 5. The number of nitrogens with two attached hydrogens (primary N) is 3. The molecule has 0 aliphatic carbocycles. The number of β-lactam (4-membered cyclic amide) rings is 1. The van der Waals surface area contributed by atoms with Crippen molar-refractivity contribution in [3.8, 4) is 0 Å². The molecule has 21 heteroatoms. The summed E-state index contributed by atoms with van der Waals surface area (Å²) in [5.74, 6) is -3.03. The lowest BCUT2D eigenvalue weighted by atomic mass is 10.0. The van der Waals surface area contributed by atoms with Crippen molar-refractivity contribution in [2.75, 3.05) is 28.7 Å². The quantitative estimate of drug-likeness (QED) is 0.0353. The Bertz CT molecular complexity index is 1750. The fourth-order valence-corrected chi connectivity index (χ4v) is 7.37. The van der Waals surface area contributed by atoms with E-state index >= 15 is 0 Å². The highest BCUT2D eigenvalue weighted by Gasteiger charge is 2.54. The first-order valence-corrected chi connectivity index (χ1v) is 15.6. The second kappa shape index (κ2) is 12.2. The Balaban J connectivity index is 1.33. The van der Waals surface area contributed by atoms with E-state index < -0.39 is 41.3 Å². The summed E-state index contributed by atoms with van der Waals surface area (Å²) in [6, 6.07) is 0.530. The number of oxime groups is 1. The molecule has 5 heterocycles. The SMILES string of the molecule is CC(CC(=O)O)O/N=C(\C(=O)NC1C(=O)N2C(C(=O)O)=C(CSc3nc(N)cc4n3nc(N)[n+]4C)CS[C@@H]12)c1csc(N)n1. The van der Waals surface area contributed by atoms with Gasteiger partial charge in [-0.15, -0.1) is 23.1 Å². The minimum atomic E-state index is -1.30. The number of nitrogen functional groups attached to an aromatic ring is 3. The third kappa shape index (κ3) is 5.92. The summed E-state index contributed by atoms with van der Waals surface area (Å²) in [7, 11) is 1.72. The molecule has 3 aromatic heterocycles. The van der Waals surface area contributed by atoms with Crippen LogP contribution in [0.4, 0.5) is 16.9 Å². The summed E-state index contributed by atoms with van der Waals surface area (Å²) in [6.07, 6.45) is -1.24. The van der Waals surface area contributed by atoms with Crippen LogP contribution >= 0.6 is 34.9 Å². The standard InChI is InChI=1S/C23H25N11O7S3/c1-8(3-13(35)36)41-31-14(10-7-43-22(26)27-10)17(37)29-15-18(38)33-16(20(39)40)9(5-42-19(15)33)6-44-23-28-11(24)4-12-32(2)21(25)30-34(12)23/h4,7-8,15,19,24H,3,5-6H2,1-2H3,(H7,25,26,27,29,30,35,36,37,39,40)/p+1/b31-14-/t8?,15?,19-/m0/s1. The van der Waals surface area contributed by atoms with Crippen LogP contribution in [0.1, 0.15) is 19.0 Å². The van der Waals surface area contributed by atoms with Gasteiger partial charge in [-0.1, -0.05) is 21.4 Å². The number of carboxylic acid groups (broad SMARTS) is 2. The molecule has 2 amide bonds. The summed E-state index contributed by atoms with van der Waals surface area (Å²) in [5, 5.41) is 30.9. The Morgan fingerprint density at radius 1 is 1.30 bits per heavy atom. The Labute approximate surface area is 260 Å². The van der Waals surface area contributed by atoms with Gasteiger partial charge in [-0.3, -0.25) is 19.3 Å². The molecule has 9 N–H and O–H groups in total. The van der Waals surface area contributed by atoms with Crippen molar-refractivity contribution in [1.82, 2.24) is 29.8 Å². The maximum absolute atomic E-state index is 13.2. The van der Waals surface area contributed by atoms with Crippen molar-refractivity contribution < 1.29 is 38.8 Å². The van der Waals surface area contributed by atoms with Crippen LogP contribution in [0, 0.1) is 0 Å². The first kappa shape index (κ1) is 30.8. The van der Waals surface area contributed by atoms with Gasteiger partial charge in [-0.2, -0.15) is 4.98 Å². The molecule has 2 unspecified atom stereocenters. The maximum atomic E-state index is 13.2. The van der Waals surface area contributed by atoms with Crippen LogP contribution in [-0.2, 0) is 31.1 Å². The van der Waals surface area contributed by atoms with Gasteiger partial charge >= 0.3 is 17.9 Å². The maximum Gasteiger partial charge on any atom is 0.376 e. The van der Waals surface area contributed by atoms with Crippen molar-refractivity contribution in [1.29, 1.82) is 0 Å². The molecule has 232 valence electrons. The molecule has 18 nitrogen and oxygen atoms in total. The summed E-state index contributed by atoms with van der Waals surface area (Å²) >= 11 is 3.50. The first-order chi connectivity index (χ1) is 20.8. The topological polar surface area (TPSA) is 271 Å². The zero-order chi connectivity index (χ0) is 31.9. The minimum absolute atomic E-state index is 0.0645. The number of thioether (sulfide) groups is 2. The fraction of sp³-hybridized carbons (Fsp3) is 0.348. The van der Waals surface area contributed by atoms with Gasteiger partial charge in [-0.25, -0.2) is 14.3 Å². The molecule has 2 aliphatic rings. The van der Waals surface area contributed by atoms with Gasteiger partial charge in [0.25, 0.3) is 11.8 Å². The average Bonchev–Trinajstić information content (AvgIpc) is 3.51. The number of hydrogen-bond acceptors (Lipinski definition) is 15. The van der Waals surface area contributed by atoms with Crippen LogP contribution in [0.2, 0.25) is 0 Å². The number of nitrogens with zero attached hydrogens (tertiary/aromatic N) is 7. The average molecular weight is 665 g/mol. The second-order valence-corrected chi connectivity index (χ2v) is 12.5. The number of rotatable bonds is 11. The molecule has 3 atom stereocenters. The van der Waals surface area contributed by atoms with Gasteiger partial charge < -0.3 is 37.6 Å². The van der Waals surface area contributed by atoms with Crippen LogP contribution in [0.15, 0.2) is 33.0 Å². The van der Waals surface area contributed by atoms with E-state index in [9.17, 15) is 24.3 Å². The number of carbonyl (C=O) groups excluding carboxylic acids is 2. The van der Waals surface area contributed by atoms with Gasteiger partial charge in [-0.05, 0) is 12.5 Å². The number of carbonyl (C=O) groups is 4.